The van der Waals surface area contributed by atoms with Crippen LogP contribution in [0, 0.1) is 11.8 Å². The number of aliphatic hydroxyl groups is 1. The minimum absolute atomic E-state index is 0.101. The lowest BCUT2D eigenvalue weighted by Gasteiger charge is -2.38. The van der Waals surface area contributed by atoms with E-state index in [0.29, 0.717) is 12.3 Å². The van der Waals surface area contributed by atoms with Crippen LogP contribution in [0.25, 0.3) is 10.9 Å². The van der Waals surface area contributed by atoms with Crippen molar-refractivity contribution in [1.82, 2.24) is 14.5 Å². The number of aryl methyl sites for hydroxylation is 1. The van der Waals surface area contributed by atoms with Crippen LogP contribution in [0.2, 0.25) is 0 Å². The largest absolute Gasteiger partial charge is 0.497 e. The minimum Gasteiger partial charge on any atom is -0.497 e. The van der Waals surface area contributed by atoms with Gasteiger partial charge in [-0.2, -0.15) is 0 Å². The standard InChI is InChI=1S/C27H35N3O4S/c1-29-11-9-22(18-29)35-14-13-30-12-8-19(20(17-30)15-27(32)33)3-6-26(31)23-7-10-28-25-5-4-21(34-2)16-24(23)25/h4-5,7,9-11,16,18-20,26,31H,3,6,8,12-15,17H2,1-2H3,(H,32,33)/t19-,20+,26+/m1/s1. The minimum atomic E-state index is -0.742. The zero-order valence-corrected chi connectivity index (χ0v) is 21.3. The molecule has 2 aromatic heterocycles. The van der Waals surface area contributed by atoms with Gasteiger partial charge in [-0.15, -0.1) is 11.8 Å². The van der Waals surface area contributed by atoms with Gasteiger partial charge in [0, 0.05) is 61.2 Å². The van der Waals surface area contributed by atoms with Crippen molar-refractivity contribution in [1.29, 1.82) is 0 Å². The highest BCUT2D eigenvalue weighted by atomic mass is 32.2. The summed E-state index contributed by atoms with van der Waals surface area (Å²) in [6.07, 6.45) is 7.82. The van der Waals surface area contributed by atoms with Gasteiger partial charge in [0.2, 0.25) is 0 Å². The van der Waals surface area contributed by atoms with E-state index in [9.17, 15) is 15.0 Å². The van der Waals surface area contributed by atoms with Gasteiger partial charge in [0.15, 0.2) is 0 Å². The van der Waals surface area contributed by atoms with Crippen molar-refractivity contribution in [2.24, 2.45) is 18.9 Å². The topological polar surface area (TPSA) is 87.8 Å². The fraction of sp³-hybridized carbons (Fsp3) is 0.481. The number of aromatic nitrogens is 2. The highest BCUT2D eigenvalue weighted by Gasteiger charge is 2.31. The first-order valence-electron chi connectivity index (χ1n) is 12.2. The van der Waals surface area contributed by atoms with E-state index in [-0.39, 0.29) is 12.3 Å². The van der Waals surface area contributed by atoms with Gasteiger partial charge < -0.3 is 24.4 Å². The summed E-state index contributed by atoms with van der Waals surface area (Å²) in [4.78, 5) is 19.7. The Kier molecular flexibility index (Phi) is 8.70. The van der Waals surface area contributed by atoms with Crippen LogP contribution in [0.3, 0.4) is 0 Å². The number of carbonyl (C=O) groups is 1. The molecule has 3 atom stereocenters. The number of nitrogens with zero attached hydrogens (tertiary/aromatic N) is 3. The molecule has 1 aromatic carbocycles. The van der Waals surface area contributed by atoms with E-state index in [1.165, 1.54) is 4.90 Å². The number of pyridine rings is 1. The number of carboxylic acids is 1. The zero-order valence-electron chi connectivity index (χ0n) is 20.5. The summed E-state index contributed by atoms with van der Waals surface area (Å²) in [7, 11) is 3.65. The van der Waals surface area contributed by atoms with Gasteiger partial charge in [0.05, 0.1) is 18.7 Å². The van der Waals surface area contributed by atoms with E-state index in [0.717, 1.165) is 60.4 Å². The average Bonchev–Trinajstić information content (AvgIpc) is 3.27. The smallest absolute Gasteiger partial charge is 0.303 e. The Morgan fingerprint density at radius 1 is 1.29 bits per heavy atom. The van der Waals surface area contributed by atoms with Crippen LogP contribution in [-0.2, 0) is 11.8 Å². The first kappa shape index (κ1) is 25.5. The molecule has 1 aliphatic rings. The van der Waals surface area contributed by atoms with Crippen LogP contribution in [0.1, 0.15) is 37.4 Å². The molecule has 0 unspecified atom stereocenters. The van der Waals surface area contributed by atoms with Crippen LogP contribution in [0.5, 0.6) is 5.75 Å². The first-order valence-corrected chi connectivity index (χ1v) is 13.2. The number of ether oxygens (including phenoxy) is 1. The maximum absolute atomic E-state index is 11.6. The molecule has 8 heteroatoms. The van der Waals surface area contributed by atoms with Gasteiger partial charge in [-0.1, -0.05) is 0 Å². The second-order valence-electron chi connectivity index (χ2n) is 9.44. The molecule has 7 nitrogen and oxygen atoms in total. The number of likely N-dealkylation sites (tertiary alicyclic amines) is 1. The van der Waals surface area contributed by atoms with Crippen LogP contribution < -0.4 is 4.74 Å². The lowest BCUT2D eigenvalue weighted by atomic mass is 9.79. The maximum Gasteiger partial charge on any atom is 0.303 e. The van der Waals surface area contributed by atoms with Gasteiger partial charge in [-0.05, 0) is 73.5 Å². The number of hydrogen-bond donors (Lipinski definition) is 2. The van der Waals surface area contributed by atoms with E-state index < -0.39 is 12.1 Å². The number of aliphatic carboxylic acids is 1. The molecule has 0 saturated carbocycles. The third-order valence-electron chi connectivity index (χ3n) is 7.05. The first-order chi connectivity index (χ1) is 16.9. The number of thioether (sulfide) groups is 1. The molecule has 0 bridgehead atoms. The maximum atomic E-state index is 11.6. The van der Waals surface area contributed by atoms with Crippen molar-refractivity contribution < 1.29 is 19.7 Å². The number of methoxy groups -OCH3 is 1. The Bertz CT molecular complexity index is 1130. The number of fused-ring (bicyclic) bond motifs is 1. The van der Waals surface area contributed by atoms with Crippen molar-refractivity contribution >= 4 is 28.6 Å². The summed E-state index contributed by atoms with van der Waals surface area (Å²) in [5.41, 5.74) is 1.67. The van der Waals surface area contributed by atoms with Gasteiger partial charge >= 0.3 is 5.97 Å². The summed E-state index contributed by atoms with van der Waals surface area (Å²) < 4.78 is 7.41. The lowest BCUT2D eigenvalue weighted by Crippen LogP contribution is -2.42. The molecule has 0 aliphatic carbocycles. The second kappa shape index (κ2) is 11.9. The fourth-order valence-electron chi connectivity index (χ4n) is 5.14. The van der Waals surface area contributed by atoms with Crippen molar-refractivity contribution in [2.75, 3.05) is 32.5 Å². The molecule has 35 heavy (non-hydrogen) atoms. The van der Waals surface area contributed by atoms with E-state index in [1.54, 1.807) is 13.3 Å². The SMILES string of the molecule is COc1ccc2nccc([C@@H](O)CC[C@@H]3CCN(CCSc4ccn(C)c4)C[C@@H]3CC(=O)O)c2c1. The molecule has 0 amide bonds. The summed E-state index contributed by atoms with van der Waals surface area (Å²) in [6.45, 7) is 2.73. The molecule has 3 heterocycles. The number of rotatable bonds is 11. The van der Waals surface area contributed by atoms with Crippen molar-refractivity contribution in [3.05, 3.63) is 54.5 Å². The Morgan fingerprint density at radius 2 is 2.14 bits per heavy atom. The molecule has 2 N–H and O–H groups in total. The molecule has 0 spiro atoms. The molecule has 0 radical (unpaired) electrons. The van der Waals surface area contributed by atoms with Gasteiger partial charge in [-0.3, -0.25) is 9.78 Å². The molecule has 3 aromatic rings. The Balaban J connectivity index is 1.35. The summed E-state index contributed by atoms with van der Waals surface area (Å²) in [6, 6.07) is 9.68. The van der Waals surface area contributed by atoms with Crippen LogP contribution in [0.4, 0.5) is 0 Å². The number of piperidine rings is 1. The second-order valence-corrected chi connectivity index (χ2v) is 10.6. The van der Waals surface area contributed by atoms with Crippen molar-refractivity contribution in [3.8, 4) is 5.75 Å². The normalized spacial score (nSPS) is 19.6. The van der Waals surface area contributed by atoms with Crippen LogP contribution in [-0.4, -0.2) is 63.1 Å². The van der Waals surface area contributed by atoms with Gasteiger partial charge in [0.25, 0.3) is 0 Å². The van der Waals surface area contributed by atoms with Gasteiger partial charge in [-0.25, -0.2) is 0 Å². The number of hydrogen-bond acceptors (Lipinski definition) is 6. The molecule has 4 rings (SSSR count). The van der Waals surface area contributed by atoms with Crippen molar-refractivity contribution in [2.45, 2.75) is 36.7 Å². The monoisotopic (exact) mass is 497 g/mol. The molecule has 1 aliphatic heterocycles. The Hall–Kier alpha value is -2.55. The van der Waals surface area contributed by atoms with E-state index in [4.69, 9.17) is 4.74 Å². The number of carboxylic acid groups (broad SMARTS) is 1. The molecular weight excluding hydrogens is 462 g/mol. The molecular formula is C27H35N3O4S. The zero-order chi connectivity index (χ0) is 24.8. The van der Waals surface area contributed by atoms with Gasteiger partial charge in [0.1, 0.15) is 5.75 Å². The molecule has 188 valence electrons. The Labute approximate surface area is 211 Å². The summed E-state index contributed by atoms with van der Waals surface area (Å²) in [5.74, 6) is 1.38. The summed E-state index contributed by atoms with van der Waals surface area (Å²) >= 11 is 1.84. The van der Waals surface area contributed by atoms with Crippen LogP contribution in [0.15, 0.2) is 53.8 Å². The predicted molar refractivity (Wildman–Crippen MR) is 139 cm³/mol. The van der Waals surface area contributed by atoms with E-state index >= 15 is 0 Å². The van der Waals surface area contributed by atoms with Crippen molar-refractivity contribution in [3.63, 3.8) is 0 Å². The Morgan fingerprint density at radius 3 is 2.89 bits per heavy atom. The predicted octanol–water partition coefficient (Wildman–Crippen LogP) is 4.60. The lowest BCUT2D eigenvalue weighted by molar-refractivity contribution is -0.139. The van der Waals surface area contributed by atoms with E-state index in [1.807, 2.05) is 43.1 Å². The highest BCUT2D eigenvalue weighted by molar-refractivity contribution is 7.99. The highest BCUT2D eigenvalue weighted by Crippen LogP contribution is 2.35. The third-order valence-corrected chi connectivity index (χ3v) is 8.01. The number of aliphatic hydroxyl groups excluding tert-OH is 1. The summed E-state index contributed by atoms with van der Waals surface area (Å²) in [5, 5.41) is 21.5. The van der Waals surface area contributed by atoms with E-state index in [2.05, 4.69) is 32.9 Å². The molecule has 1 fully saturated rings. The van der Waals surface area contributed by atoms with Crippen LogP contribution >= 0.6 is 11.8 Å². The fourth-order valence-corrected chi connectivity index (χ4v) is 6.13. The number of benzene rings is 1. The average molecular weight is 498 g/mol. The quantitative estimate of drug-likeness (QED) is 0.374. The molecule has 1 saturated heterocycles. The third kappa shape index (κ3) is 6.78.